The molecular formula is C20H31BO4. The Morgan fingerprint density at radius 3 is 2.52 bits per heavy atom. The van der Waals surface area contributed by atoms with Gasteiger partial charge in [0.2, 0.25) is 0 Å². The van der Waals surface area contributed by atoms with Crippen LogP contribution in [0.25, 0.3) is 0 Å². The van der Waals surface area contributed by atoms with Crippen molar-refractivity contribution in [1.29, 1.82) is 0 Å². The molecule has 0 aromatic carbocycles. The topological polar surface area (TPSA) is 44.8 Å². The summed E-state index contributed by atoms with van der Waals surface area (Å²) in [6.07, 6.45) is 8.09. The van der Waals surface area contributed by atoms with Gasteiger partial charge in [-0.05, 0) is 83.7 Å². The summed E-state index contributed by atoms with van der Waals surface area (Å²) in [7, 11) is -0.170. The Morgan fingerprint density at radius 2 is 1.96 bits per heavy atom. The zero-order valence-corrected chi connectivity index (χ0v) is 16.3. The second-order valence-corrected chi connectivity index (χ2v) is 8.44. The average molecular weight is 346 g/mol. The second-order valence-electron chi connectivity index (χ2n) is 8.44. The molecule has 1 heterocycles. The highest BCUT2D eigenvalue weighted by Crippen LogP contribution is 2.49. The van der Waals surface area contributed by atoms with Crippen molar-refractivity contribution in [3.05, 3.63) is 22.8 Å². The van der Waals surface area contributed by atoms with E-state index in [1.807, 2.05) is 6.92 Å². The lowest BCUT2D eigenvalue weighted by molar-refractivity contribution is -0.142. The monoisotopic (exact) mass is 346 g/mol. The van der Waals surface area contributed by atoms with E-state index in [1.54, 1.807) is 0 Å². The van der Waals surface area contributed by atoms with Crippen molar-refractivity contribution < 1.29 is 18.8 Å². The van der Waals surface area contributed by atoms with E-state index >= 15 is 0 Å². The Kier molecular flexibility index (Phi) is 5.18. The first-order chi connectivity index (χ1) is 11.7. The van der Waals surface area contributed by atoms with Gasteiger partial charge in [0.25, 0.3) is 0 Å². The van der Waals surface area contributed by atoms with Crippen molar-refractivity contribution in [1.82, 2.24) is 0 Å². The molecule has 0 aromatic heterocycles. The van der Waals surface area contributed by atoms with Crippen LogP contribution in [0.3, 0.4) is 0 Å². The van der Waals surface area contributed by atoms with Gasteiger partial charge in [0, 0.05) is 0 Å². The summed E-state index contributed by atoms with van der Waals surface area (Å²) in [6, 6.07) is 0. The molecule has 0 spiro atoms. The molecule has 25 heavy (non-hydrogen) atoms. The van der Waals surface area contributed by atoms with Crippen LogP contribution in [0.4, 0.5) is 0 Å². The number of rotatable bonds is 6. The third-order valence-corrected chi connectivity index (χ3v) is 6.11. The highest BCUT2D eigenvalue weighted by atomic mass is 16.7. The zero-order valence-electron chi connectivity index (χ0n) is 16.3. The molecule has 0 amide bonds. The molecule has 1 atom stereocenters. The van der Waals surface area contributed by atoms with E-state index in [-0.39, 0.29) is 24.3 Å². The van der Waals surface area contributed by atoms with Crippen molar-refractivity contribution in [3.63, 3.8) is 0 Å². The second kappa shape index (κ2) is 6.92. The summed E-state index contributed by atoms with van der Waals surface area (Å²) >= 11 is 0. The van der Waals surface area contributed by atoms with Gasteiger partial charge in [0.1, 0.15) is 0 Å². The molecule has 0 bridgehead atoms. The predicted molar refractivity (Wildman–Crippen MR) is 99.2 cm³/mol. The molecule has 5 heteroatoms. The van der Waals surface area contributed by atoms with Gasteiger partial charge in [0.05, 0.1) is 24.2 Å². The van der Waals surface area contributed by atoms with Crippen LogP contribution in [0.1, 0.15) is 66.7 Å². The van der Waals surface area contributed by atoms with Gasteiger partial charge in [-0.1, -0.05) is 11.6 Å². The molecule has 1 aliphatic heterocycles. The number of hydrogen-bond acceptors (Lipinski definition) is 4. The third-order valence-electron chi connectivity index (χ3n) is 6.11. The van der Waals surface area contributed by atoms with Crippen LogP contribution >= 0.6 is 0 Å². The van der Waals surface area contributed by atoms with Gasteiger partial charge in [-0.3, -0.25) is 4.79 Å². The van der Waals surface area contributed by atoms with Crippen LogP contribution < -0.4 is 0 Å². The molecule has 1 unspecified atom stereocenters. The Balaban J connectivity index is 1.70. The number of ether oxygens (including phenoxy) is 1. The molecule has 0 aromatic rings. The van der Waals surface area contributed by atoms with E-state index in [9.17, 15) is 4.79 Å². The number of carbonyl (C=O) groups is 1. The third kappa shape index (κ3) is 3.73. The van der Waals surface area contributed by atoms with Crippen molar-refractivity contribution in [2.45, 2.75) is 84.2 Å². The minimum Gasteiger partial charge on any atom is -0.466 e. The maximum Gasteiger partial charge on any atom is 0.458 e. The van der Waals surface area contributed by atoms with Crippen LogP contribution in [-0.2, 0) is 18.8 Å². The first-order valence-electron chi connectivity index (χ1n) is 9.66. The van der Waals surface area contributed by atoms with E-state index < -0.39 is 0 Å². The first kappa shape index (κ1) is 18.7. The van der Waals surface area contributed by atoms with Crippen LogP contribution in [0.2, 0.25) is 6.32 Å². The van der Waals surface area contributed by atoms with Crippen LogP contribution in [0.15, 0.2) is 22.8 Å². The lowest BCUT2D eigenvalue weighted by Crippen LogP contribution is -2.41. The highest BCUT2D eigenvalue weighted by Gasteiger charge is 2.52. The van der Waals surface area contributed by atoms with Crippen LogP contribution in [-0.4, -0.2) is 30.9 Å². The summed E-state index contributed by atoms with van der Waals surface area (Å²) in [5, 5.41) is 0. The lowest BCUT2D eigenvalue weighted by atomic mass is 9.63. The molecule has 1 fully saturated rings. The van der Waals surface area contributed by atoms with E-state index in [0.29, 0.717) is 18.9 Å². The maximum atomic E-state index is 11.9. The summed E-state index contributed by atoms with van der Waals surface area (Å²) in [5.74, 6) is 0.325. The SMILES string of the molecule is CCOC(=O)CC1=C(C2=CCCC2)C(CB2OC(C)(C)C(C)(C)O2)C1. The van der Waals surface area contributed by atoms with Crippen molar-refractivity contribution in [2.24, 2.45) is 5.92 Å². The highest BCUT2D eigenvalue weighted by molar-refractivity contribution is 6.45. The van der Waals surface area contributed by atoms with Gasteiger partial charge in [0.15, 0.2) is 0 Å². The fourth-order valence-electron chi connectivity index (χ4n) is 4.12. The van der Waals surface area contributed by atoms with E-state index in [1.165, 1.54) is 23.1 Å². The van der Waals surface area contributed by atoms with Crippen molar-refractivity contribution in [3.8, 4) is 0 Å². The quantitative estimate of drug-likeness (QED) is 0.526. The summed E-state index contributed by atoms with van der Waals surface area (Å²) in [6.45, 7) is 10.7. The minimum absolute atomic E-state index is 0.109. The number of esters is 1. The van der Waals surface area contributed by atoms with Crippen molar-refractivity contribution in [2.75, 3.05) is 6.61 Å². The Hall–Kier alpha value is -1.07. The standard InChI is InChI=1S/C20H31BO4/c1-6-23-17(22)12-15-11-16(18(15)14-9-7-8-10-14)13-21-24-19(2,3)20(4,5)25-21/h9,16H,6-8,10-13H2,1-5H3. The van der Waals surface area contributed by atoms with Gasteiger partial charge in [-0.15, -0.1) is 0 Å². The van der Waals surface area contributed by atoms with Gasteiger partial charge in [-0.2, -0.15) is 0 Å². The van der Waals surface area contributed by atoms with Crippen molar-refractivity contribution >= 4 is 13.1 Å². The molecular weight excluding hydrogens is 315 g/mol. The van der Waals surface area contributed by atoms with Gasteiger partial charge >= 0.3 is 13.1 Å². The molecule has 3 aliphatic rings. The molecule has 1 saturated heterocycles. The summed E-state index contributed by atoms with van der Waals surface area (Å²) in [4.78, 5) is 11.9. The van der Waals surface area contributed by atoms with Gasteiger partial charge in [-0.25, -0.2) is 0 Å². The summed E-state index contributed by atoms with van der Waals surface area (Å²) in [5.41, 5.74) is 3.51. The van der Waals surface area contributed by atoms with E-state index in [2.05, 4.69) is 33.8 Å². The van der Waals surface area contributed by atoms with Crippen LogP contribution in [0, 0.1) is 5.92 Å². The fourth-order valence-corrected chi connectivity index (χ4v) is 4.12. The lowest BCUT2D eigenvalue weighted by Gasteiger charge is -2.35. The Morgan fingerprint density at radius 1 is 1.28 bits per heavy atom. The molecule has 138 valence electrons. The Labute approximate surface area is 152 Å². The minimum atomic E-state index is -0.286. The van der Waals surface area contributed by atoms with E-state index in [4.69, 9.17) is 14.0 Å². The summed E-state index contributed by atoms with van der Waals surface area (Å²) < 4.78 is 17.5. The molecule has 0 N–H and O–H groups in total. The smallest absolute Gasteiger partial charge is 0.458 e. The molecule has 0 saturated carbocycles. The molecule has 2 aliphatic carbocycles. The Bertz CT molecular complexity index is 587. The van der Waals surface area contributed by atoms with Gasteiger partial charge < -0.3 is 14.0 Å². The number of carbonyl (C=O) groups excluding carboxylic acids is 1. The largest absolute Gasteiger partial charge is 0.466 e. The van der Waals surface area contributed by atoms with E-state index in [0.717, 1.165) is 25.6 Å². The normalized spacial score (nSPS) is 27.3. The average Bonchev–Trinajstić information content (AvgIpc) is 3.04. The predicted octanol–water partition coefficient (Wildman–Crippen LogP) is 4.46. The molecule has 3 rings (SSSR count). The van der Waals surface area contributed by atoms with Crippen LogP contribution in [0.5, 0.6) is 0 Å². The zero-order chi connectivity index (χ0) is 18.2. The molecule has 0 radical (unpaired) electrons. The first-order valence-corrected chi connectivity index (χ1v) is 9.66. The maximum absolute atomic E-state index is 11.9. The molecule has 4 nitrogen and oxygen atoms in total. The number of allylic oxidation sites excluding steroid dienone is 3. The fraction of sp³-hybridized carbons (Fsp3) is 0.750. The number of hydrogen-bond donors (Lipinski definition) is 0.